The van der Waals surface area contributed by atoms with E-state index in [0.29, 0.717) is 25.9 Å². The van der Waals surface area contributed by atoms with Crippen LogP contribution in [0.1, 0.15) is 12.8 Å². The smallest absolute Gasteiger partial charge is 0.306 e. The van der Waals surface area contributed by atoms with Gasteiger partial charge in [0.1, 0.15) is 0 Å². The summed E-state index contributed by atoms with van der Waals surface area (Å²) in [6, 6.07) is 0. The molecule has 12 heavy (non-hydrogen) atoms. The molecule has 0 spiro atoms. The van der Waals surface area contributed by atoms with E-state index in [9.17, 15) is 9.00 Å². The number of aliphatic carboxylic acids is 1. The lowest BCUT2D eigenvalue weighted by atomic mass is 9.99. The summed E-state index contributed by atoms with van der Waals surface area (Å²) in [5.41, 5.74) is 0. The predicted octanol–water partition coefficient (Wildman–Crippen LogP) is -0.0803. The van der Waals surface area contributed by atoms with Gasteiger partial charge in [-0.3, -0.25) is 9.35 Å². The Morgan fingerprint density at radius 3 is 2.25 bits per heavy atom. The van der Waals surface area contributed by atoms with Crippen molar-refractivity contribution in [1.82, 2.24) is 4.31 Å². The minimum absolute atomic E-state index is 0.343. The molecule has 0 amide bonds. The van der Waals surface area contributed by atoms with Crippen molar-refractivity contribution in [2.75, 3.05) is 13.1 Å². The number of rotatable bonds is 2. The number of carbonyl (C=O) groups is 1. The number of hydrogen-bond acceptors (Lipinski definition) is 2. The zero-order valence-corrected chi connectivity index (χ0v) is 7.29. The van der Waals surface area contributed by atoms with Gasteiger partial charge in [-0.15, -0.1) is 0 Å². The monoisotopic (exact) mass is 193 g/mol. The molecule has 1 rings (SSSR count). The Morgan fingerprint density at radius 1 is 1.42 bits per heavy atom. The van der Waals surface area contributed by atoms with Gasteiger partial charge in [-0.05, 0) is 12.8 Å². The Balaban J connectivity index is 2.39. The van der Waals surface area contributed by atoms with E-state index < -0.39 is 17.2 Å². The van der Waals surface area contributed by atoms with Gasteiger partial charge in [-0.2, -0.15) is 0 Å². The first-order valence-electron chi connectivity index (χ1n) is 3.70. The Labute approximate surface area is 72.8 Å². The van der Waals surface area contributed by atoms with Crippen molar-refractivity contribution in [3.05, 3.63) is 0 Å². The average molecular weight is 193 g/mol. The zero-order valence-electron chi connectivity index (χ0n) is 6.47. The lowest BCUT2D eigenvalue weighted by Crippen LogP contribution is -2.37. The maximum Gasteiger partial charge on any atom is 0.306 e. The fourth-order valence-corrected chi connectivity index (χ4v) is 1.78. The minimum Gasteiger partial charge on any atom is -0.481 e. The topological polar surface area (TPSA) is 77.8 Å². The molecule has 5 nitrogen and oxygen atoms in total. The molecule has 1 saturated heterocycles. The van der Waals surface area contributed by atoms with Crippen LogP contribution in [0.4, 0.5) is 0 Å². The first kappa shape index (κ1) is 9.63. The van der Waals surface area contributed by atoms with E-state index in [1.54, 1.807) is 0 Å². The average Bonchev–Trinajstić information content (AvgIpc) is 2.04. The summed E-state index contributed by atoms with van der Waals surface area (Å²) in [5.74, 6) is -1.15. The van der Waals surface area contributed by atoms with E-state index in [1.807, 2.05) is 0 Å². The number of nitrogens with zero attached hydrogens (tertiary/aromatic N) is 1. The van der Waals surface area contributed by atoms with Crippen LogP contribution in [0.25, 0.3) is 0 Å². The predicted molar refractivity (Wildman–Crippen MR) is 42.7 cm³/mol. The van der Waals surface area contributed by atoms with Crippen molar-refractivity contribution < 1.29 is 18.7 Å². The van der Waals surface area contributed by atoms with E-state index in [2.05, 4.69) is 0 Å². The van der Waals surface area contributed by atoms with Crippen LogP contribution >= 0.6 is 0 Å². The molecule has 1 aliphatic rings. The highest BCUT2D eigenvalue weighted by Crippen LogP contribution is 2.17. The van der Waals surface area contributed by atoms with Crippen molar-refractivity contribution in [2.24, 2.45) is 5.92 Å². The third kappa shape index (κ3) is 2.26. The van der Waals surface area contributed by atoms with Gasteiger partial charge in [0.15, 0.2) is 0 Å². The zero-order chi connectivity index (χ0) is 9.14. The normalized spacial score (nSPS) is 23.8. The van der Waals surface area contributed by atoms with E-state index in [4.69, 9.17) is 9.66 Å². The van der Waals surface area contributed by atoms with E-state index in [-0.39, 0.29) is 5.92 Å². The van der Waals surface area contributed by atoms with Crippen LogP contribution in [-0.2, 0) is 16.1 Å². The highest BCUT2D eigenvalue weighted by molar-refractivity contribution is 7.76. The van der Waals surface area contributed by atoms with Crippen LogP contribution in [0, 0.1) is 5.92 Å². The Hall–Kier alpha value is -0.460. The van der Waals surface area contributed by atoms with Gasteiger partial charge in [0, 0.05) is 13.1 Å². The maximum absolute atomic E-state index is 10.5. The molecule has 70 valence electrons. The van der Waals surface area contributed by atoms with Crippen LogP contribution in [0.3, 0.4) is 0 Å². The standard InChI is InChI=1S/C6H11NO4S/c8-6(9)5-1-3-7(4-2-5)12(10)11/h5H,1-4H2,(H,8,9)(H,10,11). The summed E-state index contributed by atoms with van der Waals surface area (Å²) in [6.07, 6.45) is 0.920. The molecule has 1 aliphatic heterocycles. The second-order valence-corrected chi connectivity index (χ2v) is 3.75. The first-order valence-corrected chi connectivity index (χ1v) is 4.76. The van der Waals surface area contributed by atoms with Crippen molar-refractivity contribution in [2.45, 2.75) is 12.8 Å². The van der Waals surface area contributed by atoms with Crippen molar-refractivity contribution in [3.8, 4) is 0 Å². The molecule has 0 aromatic carbocycles. The lowest BCUT2D eigenvalue weighted by molar-refractivity contribution is -0.142. The Kier molecular flexibility index (Phi) is 3.19. The summed E-state index contributed by atoms with van der Waals surface area (Å²) in [4.78, 5) is 10.5. The number of piperidine rings is 1. The number of carboxylic acids is 1. The van der Waals surface area contributed by atoms with Gasteiger partial charge in [-0.1, -0.05) is 0 Å². The molecule has 1 unspecified atom stereocenters. The molecule has 0 aromatic heterocycles. The second-order valence-electron chi connectivity index (χ2n) is 2.77. The first-order chi connectivity index (χ1) is 5.61. The fourth-order valence-electron chi connectivity index (χ4n) is 1.26. The summed E-state index contributed by atoms with van der Waals surface area (Å²) >= 11 is -1.94. The quantitative estimate of drug-likeness (QED) is 0.601. The van der Waals surface area contributed by atoms with Gasteiger partial charge >= 0.3 is 5.97 Å². The lowest BCUT2D eigenvalue weighted by Gasteiger charge is -2.26. The fraction of sp³-hybridized carbons (Fsp3) is 0.833. The maximum atomic E-state index is 10.5. The van der Waals surface area contributed by atoms with Crippen LogP contribution in [0.15, 0.2) is 0 Å². The van der Waals surface area contributed by atoms with Crippen LogP contribution in [0.2, 0.25) is 0 Å². The Morgan fingerprint density at radius 2 is 1.92 bits per heavy atom. The van der Waals surface area contributed by atoms with Crippen LogP contribution in [-0.4, -0.2) is 37.2 Å². The SMILES string of the molecule is O=C(O)C1CCN(S(=O)O)CC1. The van der Waals surface area contributed by atoms with Gasteiger partial charge in [0.25, 0.3) is 0 Å². The van der Waals surface area contributed by atoms with Crippen molar-refractivity contribution in [1.29, 1.82) is 0 Å². The second kappa shape index (κ2) is 3.97. The van der Waals surface area contributed by atoms with Gasteiger partial charge in [0.2, 0.25) is 11.3 Å². The molecule has 1 fully saturated rings. The molecule has 0 saturated carbocycles. The third-order valence-electron chi connectivity index (χ3n) is 2.02. The van der Waals surface area contributed by atoms with Gasteiger partial charge in [-0.25, -0.2) is 8.51 Å². The highest BCUT2D eigenvalue weighted by Gasteiger charge is 2.26. The molecule has 0 aliphatic carbocycles. The van der Waals surface area contributed by atoms with E-state index in [0.717, 1.165) is 0 Å². The molecule has 2 N–H and O–H groups in total. The number of carboxylic acid groups (broad SMARTS) is 1. The molecule has 1 heterocycles. The van der Waals surface area contributed by atoms with Crippen molar-refractivity contribution in [3.63, 3.8) is 0 Å². The summed E-state index contributed by atoms with van der Waals surface area (Å²) in [5, 5.41) is 8.61. The van der Waals surface area contributed by atoms with Gasteiger partial charge < -0.3 is 5.11 Å². The summed E-state index contributed by atoms with van der Waals surface area (Å²) in [7, 11) is 0. The molecular formula is C6H11NO4S. The molecule has 6 heteroatoms. The summed E-state index contributed by atoms with van der Waals surface area (Å²) in [6.45, 7) is 0.778. The third-order valence-corrected chi connectivity index (χ3v) is 2.83. The largest absolute Gasteiger partial charge is 0.481 e. The molecule has 0 radical (unpaired) electrons. The van der Waals surface area contributed by atoms with Crippen LogP contribution in [0.5, 0.6) is 0 Å². The molecular weight excluding hydrogens is 182 g/mol. The van der Waals surface area contributed by atoms with Crippen LogP contribution < -0.4 is 0 Å². The highest BCUT2D eigenvalue weighted by atomic mass is 32.2. The van der Waals surface area contributed by atoms with E-state index in [1.165, 1.54) is 4.31 Å². The minimum atomic E-state index is -1.94. The molecule has 1 atom stereocenters. The Bertz CT molecular complexity index is 178. The molecule has 0 bridgehead atoms. The van der Waals surface area contributed by atoms with Crippen molar-refractivity contribution >= 4 is 17.2 Å². The summed E-state index contributed by atoms with van der Waals surface area (Å²) < 4.78 is 20.5. The van der Waals surface area contributed by atoms with E-state index >= 15 is 0 Å². The molecule has 0 aromatic rings. The number of hydrogen-bond donors (Lipinski definition) is 2. The van der Waals surface area contributed by atoms with Gasteiger partial charge in [0.05, 0.1) is 5.92 Å².